The lowest BCUT2D eigenvalue weighted by atomic mass is 10.2. The third-order valence-electron chi connectivity index (χ3n) is 6.01. The number of morpholine rings is 1. The van der Waals surface area contributed by atoms with Crippen LogP contribution in [0.3, 0.4) is 0 Å². The van der Waals surface area contributed by atoms with Crippen molar-refractivity contribution >= 4 is 79.6 Å². The molecule has 0 spiro atoms. The van der Waals surface area contributed by atoms with Crippen LogP contribution in [0.2, 0.25) is 14.4 Å². The Kier molecular flexibility index (Phi) is 8.83. The molecule has 8 nitrogen and oxygen atoms in total. The van der Waals surface area contributed by atoms with E-state index in [0.717, 1.165) is 56.1 Å². The number of fused-ring (bicyclic) bond motifs is 1. The fourth-order valence-electron chi connectivity index (χ4n) is 4.06. The maximum atomic E-state index is 12.4. The first-order chi connectivity index (χ1) is 18.5. The van der Waals surface area contributed by atoms with Crippen molar-refractivity contribution in [3.8, 4) is 11.4 Å². The normalized spacial score (nSPS) is 14.0. The van der Waals surface area contributed by atoms with Gasteiger partial charge in [-0.05, 0) is 49.4 Å². The molecule has 3 N–H and O–H groups in total. The Morgan fingerprint density at radius 1 is 1.00 bits per heavy atom. The zero-order valence-electron chi connectivity index (χ0n) is 20.3. The van der Waals surface area contributed by atoms with Crippen molar-refractivity contribution in [3.63, 3.8) is 0 Å². The summed E-state index contributed by atoms with van der Waals surface area (Å²) in [6, 6.07) is 13.9. The van der Waals surface area contributed by atoms with Crippen molar-refractivity contribution < 1.29 is 9.53 Å². The van der Waals surface area contributed by atoms with Crippen molar-refractivity contribution in [2.45, 2.75) is 6.42 Å². The second-order valence-electron chi connectivity index (χ2n) is 8.63. The maximum absolute atomic E-state index is 12.4. The van der Waals surface area contributed by atoms with Crippen LogP contribution < -0.4 is 16.0 Å². The molecule has 5 rings (SSSR count). The van der Waals surface area contributed by atoms with Gasteiger partial charge in [-0.25, -0.2) is 14.8 Å². The Labute approximate surface area is 239 Å². The predicted octanol–water partition coefficient (Wildman–Crippen LogP) is 7.10. The SMILES string of the molecule is O=C(Nc1ccc(-c2nc(NCCCN3CCOCC3)c3sc(Cl)c(Cl)c3n2)cc1)Nc1ccccc1Cl. The van der Waals surface area contributed by atoms with Gasteiger partial charge in [-0.2, -0.15) is 0 Å². The van der Waals surface area contributed by atoms with Gasteiger partial charge in [0, 0.05) is 30.9 Å². The average molecular weight is 592 g/mol. The van der Waals surface area contributed by atoms with Crippen molar-refractivity contribution in [3.05, 3.63) is 62.9 Å². The van der Waals surface area contributed by atoms with Gasteiger partial charge in [-0.1, -0.05) is 46.9 Å². The number of ether oxygens (including phenoxy) is 1. The number of thiophene rings is 1. The number of hydrogen-bond acceptors (Lipinski definition) is 7. The molecule has 0 aliphatic carbocycles. The lowest BCUT2D eigenvalue weighted by Gasteiger charge is -2.26. The van der Waals surface area contributed by atoms with Gasteiger partial charge >= 0.3 is 6.03 Å². The molecule has 38 heavy (non-hydrogen) atoms. The monoisotopic (exact) mass is 590 g/mol. The summed E-state index contributed by atoms with van der Waals surface area (Å²) < 4.78 is 6.72. The Balaban J connectivity index is 1.29. The standard InChI is InChI=1S/C26H25Cl3N6O2S/c27-18-4-1-2-5-19(18)32-26(36)31-17-8-6-16(7-9-17)24-33-21-20(28)23(29)38-22(21)25(34-24)30-10-3-11-35-12-14-37-15-13-35/h1-2,4-9H,3,10-15H2,(H,30,33,34)(H2,31,32,36). The highest BCUT2D eigenvalue weighted by molar-refractivity contribution is 7.24. The first kappa shape index (κ1) is 26.9. The molecule has 0 saturated carbocycles. The molecule has 1 saturated heterocycles. The second kappa shape index (κ2) is 12.5. The van der Waals surface area contributed by atoms with E-state index >= 15 is 0 Å². The predicted molar refractivity (Wildman–Crippen MR) is 157 cm³/mol. The Hall–Kier alpha value is -2.66. The van der Waals surface area contributed by atoms with Crippen LogP contribution in [-0.4, -0.2) is 60.3 Å². The number of carbonyl (C=O) groups is 1. The molecule has 0 bridgehead atoms. The third-order valence-corrected chi connectivity index (χ3v) is 8.31. The lowest BCUT2D eigenvalue weighted by molar-refractivity contribution is 0.0378. The Morgan fingerprint density at radius 3 is 2.53 bits per heavy atom. The number of benzene rings is 2. The van der Waals surface area contributed by atoms with Gasteiger partial charge in [-0.15, -0.1) is 11.3 Å². The molecule has 1 aliphatic rings. The molecule has 0 radical (unpaired) electrons. The number of para-hydroxylation sites is 1. The molecule has 2 aromatic heterocycles. The first-order valence-electron chi connectivity index (χ1n) is 12.1. The molecule has 2 aromatic carbocycles. The number of anilines is 3. The number of carbonyl (C=O) groups excluding carboxylic acids is 1. The van der Waals surface area contributed by atoms with Crippen molar-refractivity contribution in [1.29, 1.82) is 0 Å². The molecule has 0 atom stereocenters. The zero-order valence-corrected chi connectivity index (χ0v) is 23.4. The van der Waals surface area contributed by atoms with Crippen LogP contribution in [0.25, 0.3) is 21.6 Å². The van der Waals surface area contributed by atoms with Crippen molar-refractivity contribution in [1.82, 2.24) is 14.9 Å². The molecular formula is C26H25Cl3N6O2S. The van der Waals surface area contributed by atoms with Gasteiger partial charge in [0.1, 0.15) is 15.7 Å². The third kappa shape index (κ3) is 6.48. The molecule has 4 aromatic rings. The highest BCUT2D eigenvalue weighted by Gasteiger charge is 2.18. The van der Waals surface area contributed by atoms with Crippen LogP contribution in [0.1, 0.15) is 6.42 Å². The number of rotatable bonds is 8. The maximum Gasteiger partial charge on any atom is 0.323 e. The highest BCUT2D eigenvalue weighted by Crippen LogP contribution is 2.41. The summed E-state index contributed by atoms with van der Waals surface area (Å²) in [5.74, 6) is 1.21. The summed E-state index contributed by atoms with van der Waals surface area (Å²) in [5.41, 5.74) is 2.53. The van der Waals surface area contributed by atoms with E-state index in [1.165, 1.54) is 11.3 Å². The second-order valence-corrected chi connectivity index (χ2v) is 11.0. The molecule has 198 valence electrons. The number of nitrogens with zero attached hydrogens (tertiary/aromatic N) is 3. The van der Waals surface area contributed by atoms with Gasteiger partial charge in [0.2, 0.25) is 0 Å². The highest BCUT2D eigenvalue weighted by atomic mass is 35.5. The summed E-state index contributed by atoms with van der Waals surface area (Å²) in [4.78, 5) is 24.3. The zero-order chi connectivity index (χ0) is 26.5. The Morgan fingerprint density at radius 2 is 1.76 bits per heavy atom. The minimum absolute atomic E-state index is 0.396. The molecule has 12 heteroatoms. The minimum Gasteiger partial charge on any atom is -0.379 e. The van der Waals surface area contributed by atoms with Gasteiger partial charge in [0.05, 0.1) is 33.6 Å². The van der Waals surface area contributed by atoms with E-state index in [-0.39, 0.29) is 0 Å². The van der Waals surface area contributed by atoms with Gasteiger partial charge < -0.3 is 20.7 Å². The summed E-state index contributed by atoms with van der Waals surface area (Å²) in [6.07, 6.45) is 0.963. The van der Waals surface area contributed by atoms with E-state index in [2.05, 4.69) is 20.9 Å². The van der Waals surface area contributed by atoms with E-state index in [0.29, 0.717) is 42.9 Å². The van der Waals surface area contributed by atoms with Gasteiger partial charge in [0.25, 0.3) is 0 Å². The van der Waals surface area contributed by atoms with Crippen LogP contribution in [0.15, 0.2) is 48.5 Å². The van der Waals surface area contributed by atoms with Crippen LogP contribution in [0, 0.1) is 0 Å². The first-order valence-corrected chi connectivity index (χ1v) is 14.1. The molecule has 1 aliphatic heterocycles. The van der Waals surface area contributed by atoms with Crippen LogP contribution in [0.4, 0.5) is 22.0 Å². The number of hydrogen-bond donors (Lipinski definition) is 3. The van der Waals surface area contributed by atoms with Crippen LogP contribution in [0.5, 0.6) is 0 Å². The molecule has 1 fully saturated rings. The lowest BCUT2D eigenvalue weighted by Crippen LogP contribution is -2.37. The molecule has 2 amide bonds. The van der Waals surface area contributed by atoms with Crippen molar-refractivity contribution in [2.24, 2.45) is 0 Å². The summed E-state index contributed by atoms with van der Waals surface area (Å²) in [6.45, 7) is 5.24. The number of urea groups is 1. The molecule has 3 heterocycles. The van der Waals surface area contributed by atoms with Crippen LogP contribution >= 0.6 is 46.1 Å². The molecule has 0 unspecified atom stereocenters. The van der Waals surface area contributed by atoms with Crippen LogP contribution in [-0.2, 0) is 4.74 Å². The van der Waals surface area contributed by atoms with Gasteiger partial charge in [-0.3, -0.25) is 4.90 Å². The van der Waals surface area contributed by atoms with Gasteiger partial charge in [0.15, 0.2) is 5.82 Å². The fraction of sp³-hybridized carbons (Fsp3) is 0.269. The number of halogens is 3. The van der Waals surface area contributed by atoms with E-state index in [9.17, 15) is 4.79 Å². The summed E-state index contributed by atoms with van der Waals surface area (Å²) in [7, 11) is 0. The van der Waals surface area contributed by atoms with E-state index in [4.69, 9.17) is 49.5 Å². The number of amides is 2. The largest absolute Gasteiger partial charge is 0.379 e. The minimum atomic E-state index is -0.396. The topological polar surface area (TPSA) is 91.4 Å². The summed E-state index contributed by atoms with van der Waals surface area (Å²) >= 11 is 20.3. The molecular weight excluding hydrogens is 567 g/mol. The number of nitrogens with one attached hydrogen (secondary N) is 3. The average Bonchev–Trinajstić information content (AvgIpc) is 3.22. The fourth-order valence-corrected chi connectivity index (χ4v) is 5.69. The smallest absolute Gasteiger partial charge is 0.323 e. The van der Waals surface area contributed by atoms with E-state index in [1.54, 1.807) is 36.4 Å². The number of aromatic nitrogens is 2. The quantitative estimate of drug-likeness (QED) is 0.189. The Bertz CT molecular complexity index is 1430. The van der Waals surface area contributed by atoms with E-state index < -0.39 is 6.03 Å². The van der Waals surface area contributed by atoms with Crippen molar-refractivity contribution in [2.75, 3.05) is 55.3 Å². The summed E-state index contributed by atoms with van der Waals surface area (Å²) in [5, 5.41) is 9.87. The van der Waals surface area contributed by atoms with E-state index in [1.807, 2.05) is 12.1 Å².